The summed E-state index contributed by atoms with van der Waals surface area (Å²) >= 11 is 0. The third-order valence-corrected chi connectivity index (χ3v) is 9.11. The summed E-state index contributed by atoms with van der Waals surface area (Å²) in [7, 11) is 0. The Morgan fingerprint density at radius 1 is 0.840 bits per heavy atom. The van der Waals surface area contributed by atoms with Crippen molar-refractivity contribution in [3.63, 3.8) is 0 Å². The molecule has 0 aromatic rings. The fourth-order valence-corrected chi connectivity index (χ4v) is 7.69. The molecule has 25 heavy (non-hydrogen) atoms. The molecule has 7 atom stereocenters. The highest BCUT2D eigenvalue weighted by molar-refractivity contribution is 4.98. The summed E-state index contributed by atoms with van der Waals surface area (Å²) in [6.45, 7) is 10.2. The van der Waals surface area contributed by atoms with Crippen LogP contribution in [-0.2, 0) is 0 Å². The van der Waals surface area contributed by atoms with Crippen LogP contribution in [0.3, 0.4) is 0 Å². The van der Waals surface area contributed by atoms with Crippen molar-refractivity contribution in [3.05, 3.63) is 0 Å². The van der Waals surface area contributed by atoms with E-state index in [2.05, 4.69) is 27.7 Å². The molecule has 0 aromatic carbocycles. The van der Waals surface area contributed by atoms with Gasteiger partial charge in [0.05, 0.1) is 0 Å². The number of unbranched alkanes of at least 4 members (excludes halogenated alkanes) is 3. The van der Waals surface area contributed by atoms with Gasteiger partial charge in [0.1, 0.15) is 0 Å². The van der Waals surface area contributed by atoms with E-state index in [0.29, 0.717) is 0 Å². The van der Waals surface area contributed by atoms with E-state index in [-0.39, 0.29) is 0 Å². The van der Waals surface area contributed by atoms with Crippen molar-refractivity contribution >= 4 is 0 Å². The van der Waals surface area contributed by atoms with Gasteiger partial charge in [0, 0.05) is 0 Å². The van der Waals surface area contributed by atoms with Crippen LogP contribution in [0, 0.1) is 40.9 Å². The maximum Gasteiger partial charge on any atom is -0.0269 e. The SMILES string of the molecule is CCCCCCC12CCCC(C)C(C3CCC(C)C3)C(CCC1)C2C. The zero-order chi connectivity index (χ0) is 17.9. The summed E-state index contributed by atoms with van der Waals surface area (Å²) in [6.07, 6.45) is 21.2. The van der Waals surface area contributed by atoms with Crippen LogP contribution in [0.2, 0.25) is 0 Å². The van der Waals surface area contributed by atoms with E-state index in [1.54, 1.807) is 38.5 Å². The van der Waals surface area contributed by atoms with Gasteiger partial charge < -0.3 is 0 Å². The molecule has 0 radical (unpaired) electrons. The summed E-state index contributed by atoms with van der Waals surface area (Å²) in [5, 5.41) is 0. The Morgan fingerprint density at radius 3 is 2.28 bits per heavy atom. The van der Waals surface area contributed by atoms with Crippen molar-refractivity contribution in [1.82, 2.24) is 0 Å². The molecule has 0 amide bonds. The molecule has 3 fully saturated rings. The number of rotatable bonds is 6. The average Bonchev–Trinajstić information content (AvgIpc) is 3.01. The Kier molecular flexibility index (Phi) is 6.95. The lowest BCUT2D eigenvalue weighted by atomic mass is 9.51. The summed E-state index contributed by atoms with van der Waals surface area (Å²) in [5.41, 5.74) is 0.721. The minimum Gasteiger partial charge on any atom is -0.0654 e. The normalized spacial score (nSPS) is 45.1. The molecular weight excluding hydrogens is 300 g/mol. The summed E-state index contributed by atoms with van der Waals surface area (Å²) < 4.78 is 0. The predicted octanol–water partition coefficient (Wildman–Crippen LogP) is 8.25. The van der Waals surface area contributed by atoms with Gasteiger partial charge in [0.25, 0.3) is 0 Å². The van der Waals surface area contributed by atoms with Crippen molar-refractivity contribution in [2.75, 3.05) is 0 Å². The van der Waals surface area contributed by atoms with Gasteiger partial charge in [-0.1, -0.05) is 79.1 Å². The maximum absolute atomic E-state index is 2.70. The largest absolute Gasteiger partial charge is 0.0654 e. The van der Waals surface area contributed by atoms with Crippen LogP contribution >= 0.6 is 0 Å². The Balaban J connectivity index is 1.75. The maximum atomic E-state index is 2.70. The highest BCUT2D eigenvalue weighted by Gasteiger charge is 2.49. The van der Waals surface area contributed by atoms with Gasteiger partial charge in [0.15, 0.2) is 0 Å². The lowest BCUT2D eigenvalue weighted by molar-refractivity contribution is -0.0408. The lowest BCUT2D eigenvalue weighted by Crippen LogP contribution is -2.45. The first kappa shape index (κ1) is 19.8. The van der Waals surface area contributed by atoms with Crippen molar-refractivity contribution in [2.24, 2.45) is 40.9 Å². The summed E-state index contributed by atoms with van der Waals surface area (Å²) in [5.74, 6) is 6.14. The average molecular weight is 347 g/mol. The second-order valence-electron chi connectivity index (χ2n) is 10.6. The topological polar surface area (TPSA) is 0 Å². The van der Waals surface area contributed by atoms with Crippen molar-refractivity contribution in [2.45, 2.75) is 118 Å². The van der Waals surface area contributed by atoms with Crippen LogP contribution in [-0.4, -0.2) is 0 Å². The molecule has 0 heterocycles. The number of fused-ring (bicyclic) bond motifs is 2. The van der Waals surface area contributed by atoms with Gasteiger partial charge in [-0.2, -0.15) is 0 Å². The quantitative estimate of drug-likeness (QED) is 0.425. The van der Waals surface area contributed by atoms with Crippen LogP contribution < -0.4 is 0 Å². The third-order valence-electron chi connectivity index (χ3n) is 9.11. The Hall–Kier alpha value is 0. The van der Waals surface area contributed by atoms with Gasteiger partial charge in [0.2, 0.25) is 0 Å². The fraction of sp³-hybridized carbons (Fsp3) is 1.00. The van der Waals surface area contributed by atoms with Crippen molar-refractivity contribution in [3.8, 4) is 0 Å². The van der Waals surface area contributed by atoms with Crippen LogP contribution in [0.5, 0.6) is 0 Å². The van der Waals surface area contributed by atoms with Crippen molar-refractivity contribution < 1.29 is 0 Å². The molecule has 0 spiro atoms. The van der Waals surface area contributed by atoms with Crippen LogP contribution in [0.4, 0.5) is 0 Å². The van der Waals surface area contributed by atoms with E-state index in [1.165, 1.54) is 51.4 Å². The van der Waals surface area contributed by atoms with Crippen LogP contribution in [0.25, 0.3) is 0 Å². The molecule has 0 saturated heterocycles. The van der Waals surface area contributed by atoms with E-state index in [4.69, 9.17) is 0 Å². The van der Waals surface area contributed by atoms with E-state index >= 15 is 0 Å². The summed E-state index contributed by atoms with van der Waals surface area (Å²) in [4.78, 5) is 0. The van der Waals surface area contributed by atoms with Gasteiger partial charge in [-0.05, 0) is 79.4 Å². The second kappa shape index (κ2) is 8.79. The van der Waals surface area contributed by atoms with Crippen LogP contribution in [0.15, 0.2) is 0 Å². The summed E-state index contributed by atoms with van der Waals surface area (Å²) in [6, 6.07) is 0. The molecule has 3 aliphatic carbocycles. The standard InChI is InChI=1S/C25H46/c1-5-6-7-8-15-25-16-9-11-20(3)24(22-14-13-19(2)18-22)23(21(25)4)12-10-17-25/h19-24H,5-18H2,1-4H3. The van der Waals surface area contributed by atoms with E-state index in [9.17, 15) is 0 Å². The van der Waals surface area contributed by atoms with Gasteiger partial charge >= 0.3 is 0 Å². The third kappa shape index (κ3) is 4.30. The zero-order valence-electron chi connectivity index (χ0n) is 17.9. The monoisotopic (exact) mass is 346 g/mol. The van der Waals surface area contributed by atoms with Gasteiger partial charge in [-0.15, -0.1) is 0 Å². The smallest absolute Gasteiger partial charge is 0.0269 e. The van der Waals surface area contributed by atoms with Crippen molar-refractivity contribution in [1.29, 1.82) is 0 Å². The lowest BCUT2D eigenvalue weighted by Gasteiger charge is -2.54. The minimum atomic E-state index is 0.721. The Bertz CT molecular complexity index is 399. The number of hydrogen-bond acceptors (Lipinski definition) is 0. The molecule has 146 valence electrons. The fourth-order valence-electron chi connectivity index (χ4n) is 7.69. The molecule has 0 nitrogen and oxygen atoms in total. The predicted molar refractivity (Wildman–Crippen MR) is 111 cm³/mol. The molecule has 3 saturated carbocycles. The molecule has 0 aliphatic heterocycles. The highest BCUT2D eigenvalue weighted by Crippen LogP contribution is 2.58. The first-order valence-corrected chi connectivity index (χ1v) is 12.1. The first-order chi connectivity index (χ1) is 12.1. The first-order valence-electron chi connectivity index (χ1n) is 12.1. The molecule has 0 N–H and O–H groups in total. The van der Waals surface area contributed by atoms with Gasteiger partial charge in [-0.3, -0.25) is 0 Å². The molecule has 7 unspecified atom stereocenters. The molecular formula is C25H46. The zero-order valence-corrected chi connectivity index (χ0v) is 17.9. The molecule has 3 aliphatic rings. The van der Waals surface area contributed by atoms with Gasteiger partial charge in [-0.25, -0.2) is 0 Å². The molecule has 3 rings (SSSR count). The highest BCUT2D eigenvalue weighted by atomic mass is 14.5. The second-order valence-corrected chi connectivity index (χ2v) is 10.6. The Morgan fingerprint density at radius 2 is 1.60 bits per heavy atom. The van der Waals surface area contributed by atoms with Crippen LogP contribution in [0.1, 0.15) is 118 Å². The molecule has 0 aromatic heterocycles. The number of hydrogen-bond donors (Lipinski definition) is 0. The minimum absolute atomic E-state index is 0.721. The molecule has 2 bridgehead atoms. The Labute approximate surface area is 158 Å². The van der Waals surface area contributed by atoms with E-state index in [1.807, 2.05) is 0 Å². The van der Waals surface area contributed by atoms with E-state index in [0.717, 1.165) is 40.9 Å². The molecule has 0 heteroatoms. The van der Waals surface area contributed by atoms with E-state index < -0.39 is 0 Å².